The molecule has 0 saturated carbocycles. The maximum Gasteiger partial charge on any atom is 0.348 e. The van der Waals surface area contributed by atoms with E-state index in [2.05, 4.69) is 5.32 Å². The summed E-state index contributed by atoms with van der Waals surface area (Å²) >= 11 is 1.31. The van der Waals surface area contributed by atoms with Crippen molar-refractivity contribution in [3.05, 3.63) is 29.1 Å². The molecule has 0 radical (unpaired) electrons. The highest BCUT2D eigenvalue weighted by atomic mass is 32.2. The zero-order valence-electron chi connectivity index (χ0n) is 13.6. The second-order valence-electron chi connectivity index (χ2n) is 5.75. The molecule has 1 aromatic carbocycles. The molecule has 0 bridgehead atoms. The quantitative estimate of drug-likeness (QED) is 0.836. The Bertz CT molecular complexity index is 860. The van der Waals surface area contributed by atoms with E-state index < -0.39 is 10.0 Å². The molecule has 1 atom stereocenters. The van der Waals surface area contributed by atoms with Crippen LogP contribution < -0.4 is 5.32 Å². The monoisotopic (exact) mass is 368 g/mol. The Morgan fingerprint density at radius 2 is 2.21 bits per heavy atom. The molecular formula is C16H20N2O4S2. The third-order valence-corrected chi connectivity index (χ3v) is 6.89. The summed E-state index contributed by atoms with van der Waals surface area (Å²) < 4.78 is 33.0. The molecule has 0 unspecified atom stereocenters. The fourth-order valence-corrected chi connectivity index (χ4v) is 5.25. The molecule has 6 nitrogen and oxygen atoms in total. The standard InChI is InChI=1S/C16H20N2O4S2/c1-3-22-16(19)15-9-12-8-13(4-5-14(12)23-15)24(20,21)18-7-6-17-11(2)10-18/h4-5,8-9,11,17H,3,6-7,10H2,1-2H3/t11-/m0/s1. The average Bonchev–Trinajstić information content (AvgIpc) is 2.98. The number of rotatable bonds is 4. The van der Waals surface area contributed by atoms with Gasteiger partial charge in [-0.3, -0.25) is 0 Å². The van der Waals surface area contributed by atoms with Crippen LogP contribution in [0.4, 0.5) is 0 Å². The van der Waals surface area contributed by atoms with Crippen LogP contribution in [-0.4, -0.2) is 51.0 Å². The van der Waals surface area contributed by atoms with Crippen LogP contribution in [0, 0.1) is 0 Å². The third-order valence-electron chi connectivity index (χ3n) is 3.93. The van der Waals surface area contributed by atoms with Crippen molar-refractivity contribution in [2.75, 3.05) is 26.2 Å². The molecule has 1 fully saturated rings. The van der Waals surface area contributed by atoms with Gasteiger partial charge in [0.1, 0.15) is 4.88 Å². The molecule has 1 aliphatic rings. The fraction of sp³-hybridized carbons (Fsp3) is 0.438. The minimum absolute atomic E-state index is 0.133. The van der Waals surface area contributed by atoms with E-state index in [1.54, 1.807) is 31.2 Å². The highest BCUT2D eigenvalue weighted by Gasteiger charge is 2.28. The van der Waals surface area contributed by atoms with Crippen LogP contribution in [0.2, 0.25) is 0 Å². The first kappa shape index (κ1) is 17.3. The highest BCUT2D eigenvalue weighted by molar-refractivity contribution is 7.89. The Kier molecular flexibility index (Phi) is 4.91. The number of thiophene rings is 1. The van der Waals surface area contributed by atoms with Crippen molar-refractivity contribution < 1.29 is 17.9 Å². The lowest BCUT2D eigenvalue weighted by molar-refractivity contribution is 0.0532. The highest BCUT2D eigenvalue weighted by Crippen LogP contribution is 2.29. The number of esters is 1. The molecule has 8 heteroatoms. The number of carbonyl (C=O) groups excluding carboxylic acids is 1. The predicted octanol–water partition coefficient (Wildman–Crippen LogP) is 2.06. The number of hydrogen-bond acceptors (Lipinski definition) is 6. The molecule has 1 aromatic heterocycles. The van der Waals surface area contributed by atoms with E-state index in [1.807, 2.05) is 6.92 Å². The van der Waals surface area contributed by atoms with Crippen molar-refractivity contribution >= 4 is 37.4 Å². The van der Waals surface area contributed by atoms with Crippen LogP contribution in [-0.2, 0) is 14.8 Å². The minimum Gasteiger partial charge on any atom is -0.462 e. The van der Waals surface area contributed by atoms with Gasteiger partial charge in [-0.25, -0.2) is 13.2 Å². The molecule has 0 spiro atoms. The second-order valence-corrected chi connectivity index (χ2v) is 8.77. The van der Waals surface area contributed by atoms with Gasteiger partial charge in [0.25, 0.3) is 0 Å². The maximum absolute atomic E-state index is 12.8. The molecule has 0 amide bonds. The molecule has 2 heterocycles. The van der Waals surface area contributed by atoms with Crippen LogP contribution in [0.3, 0.4) is 0 Å². The van der Waals surface area contributed by atoms with E-state index in [4.69, 9.17) is 4.74 Å². The Balaban J connectivity index is 1.93. The average molecular weight is 368 g/mol. The molecule has 3 rings (SSSR count). The van der Waals surface area contributed by atoms with Gasteiger partial charge < -0.3 is 10.1 Å². The van der Waals surface area contributed by atoms with Crippen molar-refractivity contribution in [2.45, 2.75) is 24.8 Å². The first-order chi connectivity index (χ1) is 11.4. The Labute approximate surface area is 145 Å². The number of hydrogen-bond donors (Lipinski definition) is 1. The molecule has 1 aliphatic heterocycles. The Morgan fingerprint density at radius 3 is 2.92 bits per heavy atom. The molecule has 1 saturated heterocycles. The topological polar surface area (TPSA) is 75.7 Å². The van der Waals surface area contributed by atoms with Gasteiger partial charge in [-0.1, -0.05) is 0 Å². The Hall–Kier alpha value is -1.48. The van der Waals surface area contributed by atoms with E-state index in [0.29, 0.717) is 31.1 Å². The van der Waals surface area contributed by atoms with Gasteiger partial charge >= 0.3 is 5.97 Å². The number of nitrogens with zero attached hydrogens (tertiary/aromatic N) is 1. The number of ether oxygens (including phenoxy) is 1. The summed E-state index contributed by atoms with van der Waals surface area (Å²) in [6.45, 7) is 5.60. The number of benzene rings is 1. The Morgan fingerprint density at radius 1 is 1.42 bits per heavy atom. The normalized spacial score (nSPS) is 19.5. The van der Waals surface area contributed by atoms with Crippen LogP contribution in [0.15, 0.2) is 29.2 Å². The molecule has 24 heavy (non-hydrogen) atoms. The summed E-state index contributed by atoms with van der Waals surface area (Å²) in [6, 6.07) is 6.82. The summed E-state index contributed by atoms with van der Waals surface area (Å²) in [6.07, 6.45) is 0. The van der Waals surface area contributed by atoms with Gasteiger partial charge in [0, 0.05) is 30.4 Å². The summed E-state index contributed by atoms with van der Waals surface area (Å²) in [5, 5.41) is 3.98. The molecule has 0 aliphatic carbocycles. The van der Waals surface area contributed by atoms with Crippen molar-refractivity contribution in [1.29, 1.82) is 0 Å². The maximum atomic E-state index is 12.8. The van der Waals surface area contributed by atoms with Crippen molar-refractivity contribution in [2.24, 2.45) is 0 Å². The van der Waals surface area contributed by atoms with Gasteiger partial charge in [0.2, 0.25) is 10.0 Å². The first-order valence-corrected chi connectivity index (χ1v) is 10.1. The fourth-order valence-electron chi connectivity index (χ4n) is 2.75. The van der Waals surface area contributed by atoms with E-state index in [9.17, 15) is 13.2 Å². The lowest BCUT2D eigenvalue weighted by atomic mass is 10.2. The first-order valence-electron chi connectivity index (χ1n) is 7.86. The zero-order valence-corrected chi connectivity index (χ0v) is 15.2. The zero-order chi connectivity index (χ0) is 17.3. The molecule has 130 valence electrons. The largest absolute Gasteiger partial charge is 0.462 e. The van der Waals surface area contributed by atoms with Crippen LogP contribution in [0.5, 0.6) is 0 Å². The number of nitrogens with one attached hydrogen (secondary N) is 1. The lowest BCUT2D eigenvalue weighted by Crippen LogP contribution is -2.51. The van der Waals surface area contributed by atoms with Crippen molar-refractivity contribution in [1.82, 2.24) is 9.62 Å². The van der Waals surface area contributed by atoms with Gasteiger partial charge in [0.15, 0.2) is 0 Å². The van der Waals surface area contributed by atoms with E-state index >= 15 is 0 Å². The van der Waals surface area contributed by atoms with Gasteiger partial charge in [0.05, 0.1) is 11.5 Å². The SMILES string of the molecule is CCOC(=O)c1cc2cc(S(=O)(=O)N3CCN[C@@H](C)C3)ccc2s1. The van der Waals surface area contributed by atoms with Gasteiger partial charge in [-0.15, -0.1) is 11.3 Å². The molecule has 1 N–H and O–H groups in total. The molecule has 2 aromatic rings. The van der Waals surface area contributed by atoms with Gasteiger partial charge in [-0.05, 0) is 43.5 Å². The minimum atomic E-state index is -3.53. The lowest BCUT2D eigenvalue weighted by Gasteiger charge is -2.31. The number of sulfonamides is 1. The van der Waals surface area contributed by atoms with Crippen molar-refractivity contribution in [3.8, 4) is 0 Å². The number of piperazine rings is 1. The second kappa shape index (κ2) is 6.79. The van der Waals surface area contributed by atoms with E-state index in [-0.39, 0.29) is 16.9 Å². The van der Waals surface area contributed by atoms with Crippen LogP contribution >= 0.6 is 11.3 Å². The number of fused-ring (bicyclic) bond motifs is 1. The summed E-state index contributed by atoms with van der Waals surface area (Å²) in [5.41, 5.74) is 0. The predicted molar refractivity (Wildman–Crippen MR) is 94.0 cm³/mol. The van der Waals surface area contributed by atoms with Crippen LogP contribution in [0.1, 0.15) is 23.5 Å². The van der Waals surface area contributed by atoms with Gasteiger partial charge in [-0.2, -0.15) is 4.31 Å². The van der Waals surface area contributed by atoms with Crippen molar-refractivity contribution in [3.63, 3.8) is 0 Å². The summed E-state index contributed by atoms with van der Waals surface area (Å²) in [4.78, 5) is 12.6. The third kappa shape index (κ3) is 3.32. The molecular weight excluding hydrogens is 348 g/mol. The van der Waals surface area contributed by atoms with E-state index in [0.717, 1.165) is 10.1 Å². The summed E-state index contributed by atoms with van der Waals surface area (Å²) in [5.74, 6) is -0.376. The summed E-state index contributed by atoms with van der Waals surface area (Å²) in [7, 11) is -3.53. The van der Waals surface area contributed by atoms with Crippen LogP contribution in [0.25, 0.3) is 10.1 Å². The smallest absolute Gasteiger partial charge is 0.348 e. The van der Waals surface area contributed by atoms with E-state index in [1.165, 1.54) is 15.6 Å². The number of carbonyl (C=O) groups is 1.